The van der Waals surface area contributed by atoms with E-state index < -0.39 is 0 Å². The van der Waals surface area contributed by atoms with E-state index in [1.54, 1.807) is 7.11 Å². The van der Waals surface area contributed by atoms with Crippen molar-refractivity contribution in [2.45, 2.75) is 13.3 Å². The molecular formula is C15H20N2O4. The van der Waals surface area contributed by atoms with Gasteiger partial charge in [-0.25, -0.2) is 0 Å². The topological polar surface area (TPSA) is 76.7 Å². The van der Waals surface area contributed by atoms with Crippen molar-refractivity contribution in [3.8, 4) is 11.5 Å². The van der Waals surface area contributed by atoms with Crippen molar-refractivity contribution in [2.75, 3.05) is 26.8 Å². The van der Waals surface area contributed by atoms with Gasteiger partial charge in [-0.15, -0.1) is 0 Å². The second-order valence-electron chi connectivity index (χ2n) is 5.07. The fourth-order valence-electron chi connectivity index (χ4n) is 2.20. The lowest BCUT2D eigenvalue weighted by Gasteiger charge is -2.25. The number of hydrogen-bond acceptors (Lipinski definition) is 4. The Kier molecular flexibility index (Phi) is 5.03. The molecule has 21 heavy (non-hydrogen) atoms. The number of methoxy groups -OCH3 is 1. The van der Waals surface area contributed by atoms with E-state index in [0.29, 0.717) is 13.2 Å². The Morgan fingerprint density at radius 3 is 2.90 bits per heavy atom. The summed E-state index contributed by atoms with van der Waals surface area (Å²) in [6.07, 6.45) is 0.847. The number of ether oxygens (including phenoxy) is 2. The second kappa shape index (κ2) is 6.97. The van der Waals surface area contributed by atoms with E-state index in [2.05, 4.69) is 10.6 Å². The highest BCUT2D eigenvalue weighted by atomic mass is 16.5. The van der Waals surface area contributed by atoms with Crippen LogP contribution < -0.4 is 20.1 Å². The van der Waals surface area contributed by atoms with Crippen LogP contribution >= 0.6 is 0 Å². The first-order valence-electron chi connectivity index (χ1n) is 6.89. The Hall–Kier alpha value is -2.24. The third-order valence-corrected chi connectivity index (χ3v) is 3.34. The summed E-state index contributed by atoms with van der Waals surface area (Å²) in [4.78, 5) is 22.3. The zero-order chi connectivity index (χ0) is 15.2. The predicted molar refractivity (Wildman–Crippen MR) is 77.4 cm³/mol. The molecule has 0 spiro atoms. The van der Waals surface area contributed by atoms with Gasteiger partial charge in [-0.05, 0) is 18.1 Å². The van der Waals surface area contributed by atoms with Crippen LogP contribution in [0.3, 0.4) is 0 Å². The molecule has 0 saturated carbocycles. The Morgan fingerprint density at radius 2 is 2.19 bits per heavy atom. The van der Waals surface area contributed by atoms with E-state index in [1.807, 2.05) is 18.2 Å². The first-order valence-corrected chi connectivity index (χ1v) is 6.89. The molecule has 6 nitrogen and oxygen atoms in total. The predicted octanol–water partition coefficient (Wildman–Crippen LogP) is 0.499. The third-order valence-electron chi connectivity index (χ3n) is 3.34. The molecule has 1 atom stereocenters. The van der Waals surface area contributed by atoms with Gasteiger partial charge in [0, 0.05) is 25.5 Å². The quantitative estimate of drug-likeness (QED) is 0.828. The zero-order valence-corrected chi connectivity index (χ0v) is 12.3. The first kappa shape index (κ1) is 15.2. The van der Waals surface area contributed by atoms with Crippen LogP contribution in [0.2, 0.25) is 0 Å². The Bertz CT molecular complexity index is 530. The number of hydrogen-bond donors (Lipinski definition) is 2. The van der Waals surface area contributed by atoms with Gasteiger partial charge in [-0.2, -0.15) is 0 Å². The maximum atomic E-state index is 11.5. The molecule has 0 bridgehead atoms. The maximum absolute atomic E-state index is 11.5. The molecule has 0 unspecified atom stereocenters. The SMILES string of the molecule is COc1ccc2c(c1)OC[C@H](CNC(=O)CNC(C)=O)C2. The van der Waals surface area contributed by atoms with Crippen molar-refractivity contribution in [1.29, 1.82) is 0 Å². The van der Waals surface area contributed by atoms with Gasteiger partial charge < -0.3 is 20.1 Å². The third kappa shape index (κ3) is 4.37. The molecule has 0 saturated heterocycles. The van der Waals surface area contributed by atoms with Crippen LogP contribution in [0.15, 0.2) is 18.2 Å². The van der Waals surface area contributed by atoms with Gasteiger partial charge in [0.15, 0.2) is 0 Å². The standard InChI is InChI=1S/C15H20N2O4/c1-10(18)16-8-15(19)17-7-11-5-12-3-4-13(20-2)6-14(12)21-9-11/h3-4,6,11H,5,7-9H2,1-2H3,(H,16,18)(H,17,19)/t11-/m0/s1. The van der Waals surface area contributed by atoms with Crippen LogP contribution in [-0.2, 0) is 16.0 Å². The number of amides is 2. The molecule has 1 aromatic carbocycles. The summed E-state index contributed by atoms with van der Waals surface area (Å²) in [5, 5.41) is 5.27. The monoisotopic (exact) mass is 292 g/mol. The summed E-state index contributed by atoms with van der Waals surface area (Å²) in [7, 11) is 1.62. The van der Waals surface area contributed by atoms with Crippen molar-refractivity contribution in [3.05, 3.63) is 23.8 Å². The number of carbonyl (C=O) groups excluding carboxylic acids is 2. The van der Waals surface area contributed by atoms with E-state index in [1.165, 1.54) is 6.92 Å². The Labute approximate surface area is 123 Å². The molecule has 6 heteroatoms. The highest BCUT2D eigenvalue weighted by Gasteiger charge is 2.20. The Balaban J connectivity index is 1.82. The highest BCUT2D eigenvalue weighted by Crippen LogP contribution is 2.30. The normalized spacial score (nSPS) is 16.4. The van der Waals surface area contributed by atoms with Gasteiger partial charge in [0.1, 0.15) is 11.5 Å². The summed E-state index contributed by atoms with van der Waals surface area (Å²) in [5.41, 5.74) is 1.11. The molecule has 0 aliphatic carbocycles. The minimum Gasteiger partial charge on any atom is -0.497 e. The summed E-state index contributed by atoms with van der Waals surface area (Å²) in [6, 6.07) is 5.76. The largest absolute Gasteiger partial charge is 0.497 e. The van der Waals surface area contributed by atoms with E-state index >= 15 is 0 Å². The van der Waals surface area contributed by atoms with E-state index in [4.69, 9.17) is 9.47 Å². The van der Waals surface area contributed by atoms with Crippen LogP contribution in [0.5, 0.6) is 11.5 Å². The lowest BCUT2D eigenvalue weighted by molar-refractivity contribution is -0.125. The molecule has 0 fully saturated rings. The Morgan fingerprint density at radius 1 is 1.38 bits per heavy atom. The minimum atomic E-state index is -0.214. The van der Waals surface area contributed by atoms with Crippen LogP contribution in [0.25, 0.3) is 0 Å². The van der Waals surface area contributed by atoms with Gasteiger partial charge in [0.05, 0.1) is 20.3 Å². The van der Waals surface area contributed by atoms with Gasteiger partial charge in [0.2, 0.25) is 11.8 Å². The van der Waals surface area contributed by atoms with Crippen molar-refractivity contribution in [3.63, 3.8) is 0 Å². The minimum absolute atomic E-state index is 0.0106. The average molecular weight is 292 g/mol. The average Bonchev–Trinajstić information content (AvgIpc) is 2.50. The van der Waals surface area contributed by atoms with Crippen LogP contribution in [0, 0.1) is 5.92 Å². The van der Waals surface area contributed by atoms with Gasteiger partial charge in [-0.1, -0.05) is 6.07 Å². The molecule has 0 aromatic heterocycles. The van der Waals surface area contributed by atoms with E-state index in [0.717, 1.165) is 23.5 Å². The molecule has 114 valence electrons. The molecule has 2 rings (SSSR count). The number of carbonyl (C=O) groups is 2. The maximum Gasteiger partial charge on any atom is 0.239 e. The summed E-state index contributed by atoms with van der Waals surface area (Å²) in [5.74, 6) is 1.44. The summed E-state index contributed by atoms with van der Waals surface area (Å²) in [6.45, 7) is 2.48. The molecule has 1 aliphatic rings. The lowest BCUT2D eigenvalue weighted by Crippen LogP contribution is -2.40. The van der Waals surface area contributed by atoms with Crippen molar-refractivity contribution >= 4 is 11.8 Å². The lowest BCUT2D eigenvalue weighted by atomic mass is 9.96. The molecular weight excluding hydrogens is 272 g/mol. The molecule has 1 aromatic rings. The molecule has 1 aliphatic heterocycles. The van der Waals surface area contributed by atoms with Crippen molar-refractivity contribution in [2.24, 2.45) is 5.92 Å². The summed E-state index contributed by atoms with van der Waals surface area (Å²) < 4.78 is 10.9. The van der Waals surface area contributed by atoms with E-state index in [9.17, 15) is 9.59 Å². The first-order chi connectivity index (χ1) is 10.1. The molecule has 2 N–H and O–H groups in total. The fourth-order valence-corrected chi connectivity index (χ4v) is 2.20. The van der Waals surface area contributed by atoms with Gasteiger partial charge in [0.25, 0.3) is 0 Å². The number of rotatable bonds is 5. The van der Waals surface area contributed by atoms with Crippen LogP contribution in [0.1, 0.15) is 12.5 Å². The van der Waals surface area contributed by atoms with Crippen LogP contribution in [0.4, 0.5) is 0 Å². The van der Waals surface area contributed by atoms with Crippen LogP contribution in [-0.4, -0.2) is 38.6 Å². The van der Waals surface area contributed by atoms with Crippen molar-refractivity contribution < 1.29 is 19.1 Å². The smallest absolute Gasteiger partial charge is 0.239 e. The second-order valence-corrected chi connectivity index (χ2v) is 5.07. The van der Waals surface area contributed by atoms with Gasteiger partial charge >= 0.3 is 0 Å². The number of fused-ring (bicyclic) bond motifs is 1. The molecule has 1 heterocycles. The highest BCUT2D eigenvalue weighted by molar-refractivity contribution is 5.83. The van der Waals surface area contributed by atoms with Gasteiger partial charge in [-0.3, -0.25) is 9.59 Å². The fraction of sp³-hybridized carbons (Fsp3) is 0.467. The summed E-state index contributed by atoms with van der Waals surface area (Å²) >= 11 is 0. The van der Waals surface area contributed by atoms with Crippen molar-refractivity contribution in [1.82, 2.24) is 10.6 Å². The number of nitrogens with one attached hydrogen (secondary N) is 2. The zero-order valence-electron chi connectivity index (χ0n) is 12.3. The molecule has 0 radical (unpaired) electrons. The van der Waals surface area contributed by atoms with E-state index in [-0.39, 0.29) is 24.3 Å². The number of benzene rings is 1. The molecule has 2 amide bonds.